The maximum atomic E-state index is 12.3. The highest BCUT2D eigenvalue weighted by atomic mass is 16.4. The van der Waals surface area contributed by atoms with Gasteiger partial charge in [0.15, 0.2) is 0 Å². The van der Waals surface area contributed by atoms with Crippen LogP contribution in [0.3, 0.4) is 0 Å². The van der Waals surface area contributed by atoms with Crippen LogP contribution in [0.1, 0.15) is 32.2 Å². The van der Waals surface area contributed by atoms with Crippen molar-refractivity contribution in [2.24, 2.45) is 0 Å². The molecule has 0 aliphatic heterocycles. The monoisotopic (exact) mass is 279 g/mol. The van der Waals surface area contributed by atoms with Crippen LogP contribution in [-0.2, 0) is 4.79 Å². The second-order valence-corrected chi connectivity index (χ2v) is 5.67. The standard InChI is InChI=1S/C14H21N3O3/c1-9-6-7-11(10(2)15-9)16-13(20)17(8-12(18)19)14(3,4)5/h6-7H,8H2,1-5H3,(H,16,20)(H,18,19). The van der Waals surface area contributed by atoms with E-state index >= 15 is 0 Å². The van der Waals surface area contributed by atoms with Gasteiger partial charge in [0, 0.05) is 11.2 Å². The average Bonchev–Trinajstić information content (AvgIpc) is 2.28. The van der Waals surface area contributed by atoms with Crippen molar-refractivity contribution in [1.29, 1.82) is 0 Å². The Balaban J connectivity index is 2.93. The Morgan fingerprint density at radius 1 is 1.30 bits per heavy atom. The molecule has 1 rings (SSSR count). The Kier molecular flexibility index (Phi) is 4.70. The van der Waals surface area contributed by atoms with Crippen LogP contribution in [0.25, 0.3) is 0 Å². The van der Waals surface area contributed by atoms with Crippen molar-refractivity contribution in [3.8, 4) is 0 Å². The number of carbonyl (C=O) groups excluding carboxylic acids is 1. The van der Waals surface area contributed by atoms with Crippen LogP contribution < -0.4 is 5.32 Å². The van der Waals surface area contributed by atoms with Gasteiger partial charge in [0.25, 0.3) is 0 Å². The third-order valence-corrected chi connectivity index (χ3v) is 2.81. The van der Waals surface area contributed by atoms with Gasteiger partial charge in [-0.1, -0.05) is 0 Å². The first kappa shape index (κ1) is 15.9. The van der Waals surface area contributed by atoms with E-state index in [4.69, 9.17) is 5.11 Å². The predicted octanol–water partition coefficient (Wildman–Crippen LogP) is 2.42. The molecule has 6 nitrogen and oxygen atoms in total. The molecule has 0 bridgehead atoms. The lowest BCUT2D eigenvalue weighted by Gasteiger charge is -2.34. The summed E-state index contributed by atoms with van der Waals surface area (Å²) < 4.78 is 0. The highest BCUT2D eigenvalue weighted by molar-refractivity contribution is 5.92. The molecular weight excluding hydrogens is 258 g/mol. The molecule has 0 radical (unpaired) electrons. The lowest BCUT2D eigenvalue weighted by atomic mass is 10.1. The molecule has 1 aromatic rings. The normalized spacial score (nSPS) is 11.1. The molecular formula is C14H21N3O3. The van der Waals surface area contributed by atoms with Gasteiger partial charge in [0.1, 0.15) is 6.54 Å². The molecule has 0 saturated heterocycles. The van der Waals surface area contributed by atoms with Gasteiger partial charge in [-0.05, 0) is 46.8 Å². The van der Waals surface area contributed by atoms with Gasteiger partial charge < -0.3 is 15.3 Å². The van der Waals surface area contributed by atoms with Crippen molar-refractivity contribution < 1.29 is 14.7 Å². The van der Waals surface area contributed by atoms with Crippen LogP contribution in [0, 0.1) is 13.8 Å². The van der Waals surface area contributed by atoms with Gasteiger partial charge in [-0.3, -0.25) is 9.78 Å². The smallest absolute Gasteiger partial charge is 0.323 e. The van der Waals surface area contributed by atoms with Crippen molar-refractivity contribution in [2.45, 2.75) is 40.2 Å². The van der Waals surface area contributed by atoms with Crippen LogP contribution in [0.2, 0.25) is 0 Å². The topological polar surface area (TPSA) is 82.5 Å². The van der Waals surface area contributed by atoms with E-state index in [-0.39, 0.29) is 6.54 Å². The van der Waals surface area contributed by atoms with Crippen LogP contribution in [0.15, 0.2) is 12.1 Å². The zero-order valence-electron chi connectivity index (χ0n) is 12.5. The van der Waals surface area contributed by atoms with Gasteiger partial charge in [-0.15, -0.1) is 0 Å². The quantitative estimate of drug-likeness (QED) is 0.890. The number of hydrogen-bond donors (Lipinski definition) is 2. The van der Waals surface area contributed by atoms with Crippen molar-refractivity contribution in [3.63, 3.8) is 0 Å². The highest BCUT2D eigenvalue weighted by Gasteiger charge is 2.28. The summed E-state index contributed by atoms with van der Waals surface area (Å²) in [5, 5.41) is 11.6. The number of aryl methyl sites for hydroxylation is 2. The number of urea groups is 1. The van der Waals surface area contributed by atoms with E-state index < -0.39 is 17.5 Å². The summed E-state index contributed by atoms with van der Waals surface area (Å²) in [5.41, 5.74) is 1.55. The van der Waals surface area contributed by atoms with Crippen LogP contribution >= 0.6 is 0 Å². The first-order chi connectivity index (χ1) is 9.11. The largest absolute Gasteiger partial charge is 0.480 e. The molecule has 0 fully saturated rings. The summed E-state index contributed by atoms with van der Waals surface area (Å²) in [6.45, 7) is 8.67. The van der Waals surface area contributed by atoms with Crippen LogP contribution in [0.4, 0.5) is 10.5 Å². The number of pyridine rings is 1. The molecule has 110 valence electrons. The molecule has 1 heterocycles. The number of anilines is 1. The van der Waals surface area contributed by atoms with Crippen LogP contribution in [0.5, 0.6) is 0 Å². The Morgan fingerprint density at radius 3 is 2.35 bits per heavy atom. The van der Waals surface area contributed by atoms with Crippen molar-refractivity contribution in [2.75, 3.05) is 11.9 Å². The molecule has 0 aliphatic carbocycles. The number of nitrogens with zero attached hydrogens (tertiary/aromatic N) is 2. The first-order valence-electron chi connectivity index (χ1n) is 6.36. The van der Waals surface area contributed by atoms with Crippen molar-refractivity contribution in [3.05, 3.63) is 23.5 Å². The fourth-order valence-corrected chi connectivity index (χ4v) is 1.75. The zero-order valence-corrected chi connectivity index (χ0v) is 12.5. The van der Waals surface area contributed by atoms with E-state index in [2.05, 4.69) is 10.3 Å². The van der Waals surface area contributed by atoms with Crippen molar-refractivity contribution in [1.82, 2.24) is 9.88 Å². The van der Waals surface area contributed by atoms with E-state index in [1.807, 2.05) is 6.92 Å². The summed E-state index contributed by atoms with van der Waals surface area (Å²) in [6, 6.07) is 3.10. The number of hydrogen-bond acceptors (Lipinski definition) is 3. The van der Waals surface area contributed by atoms with E-state index in [9.17, 15) is 9.59 Å². The lowest BCUT2D eigenvalue weighted by Crippen LogP contribution is -2.50. The number of nitrogens with one attached hydrogen (secondary N) is 1. The number of carboxylic acids is 1. The van der Waals surface area contributed by atoms with Crippen LogP contribution in [-0.4, -0.2) is 39.1 Å². The molecule has 0 spiro atoms. The molecule has 6 heteroatoms. The number of carbonyl (C=O) groups is 2. The number of aliphatic carboxylic acids is 1. The molecule has 20 heavy (non-hydrogen) atoms. The van der Waals surface area contributed by atoms with E-state index in [0.717, 1.165) is 5.69 Å². The predicted molar refractivity (Wildman–Crippen MR) is 76.8 cm³/mol. The molecule has 2 N–H and O–H groups in total. The summed E-state index contributed by atoms with van der Waals surface area (Å²) >= 11 is 0. The van der Waals surface area contributed by atoms with Gasteiger partial charge >= 0.3 is 12.0 Å². The van der Waals surface area contributed by atoms with Gasteiger partial charge in [-0.25, -0.2) is 4.79 Å². The molecule has 0 aromatic carbocycles. The number of amides is 2. The van der Waals surface area contributed by atoms with Gasteiger partial charge in [0.05, 0.1) is 11.4 Å². The minimum atomic E-state index is -1.05. The highest BCUT2D eigenvalue weighted by Crippen LogP contribution is 2.17. The minimum absolute atomic E-state index is 0.354. The minimum Gasteiger partial charge on any atom is -0.480 e. The number of aromatic nitrogens is 1. The zero-order chi connectivity index (χ0) is 15.5. The molecule has 0 aliphatic rings. The fraction of sp³-hybridized carbons (Fsp3) is 0.500. The average molecular weight is 279 g/mol. The third kappa shape index (κ3) is 4.22. The van der Waals surface area contributed by atoms with E-state index in [1.165, 1.54) is 4.90 Å². The number of rotatable bonds is 3. The second kappa shape index (κ2) is 5.90. The molecule has 2 amide bonds. The lowest BCUT2D eigenvalue weighted by molar-refractivity contribution is -0.138. The van der Waals surface area contributed by atoms with E-state index in [0.29, 0.717) is 11.4 Å². The summed E-state index contributed by atoms with van der Waals surface area (Å²) in [4.78, 5) is 28.7. The maximum absolute atomic E-state index is 12.3. The molecule has 0 saturated carbocycles. The first-order valence-corrected chi connectivity index (χ1v) is 6.36. The third-order valence-electron chi connectivity index (χ3n) is 2.81. The Morgan fingerprint density at radius 2 is 1.90 bits per heavy atom. The SMILES string of the molecule is Cc1ccc(NC(=O)N(CC(=O)O)C(C)(C)C)c(C)n1. The van der Waals surface area contributed by atoms with Gasteiger partial charge in [0.2, 0.25) is 0 Å². The number of carboxylic acid groups (broad SMARTS) is 1. The van der Waals surface area contributed by atoms with Gasteiger partial charge in [-0.2, -0.15) is 0 Å². The summed E-state index contributed by atoms with van der Waals surface area (Å²) in [6.07, 6.45) is 0. The maximum Gasteiger partial charge on any atom is 0.323 e. The Hall–Kier alpha value is -2.11. The summed E-state index contributed by atoms with van der Waals surface area (Å²) in [5.74, 6) is -1.05. The fourth-order valence-electron chi connectivity index (χ4n) is 1.75. The summed E-state index contributed by atoms with van der Waals surface area (Å²) in [7, 11) is 0. The van der Waals surface area contributed by atoms with Crippen molar-refractivity contribution >= 4 is 17.7 Å². The van der Waals surface area contributed by atoms with E-state index in [1.54, 1.807) is 39.8 Å². The molecule has 0 unspecified atom stereocenters. The Bertz CT molecular complexity index is 521. The molecule has 1 aromatic heterocycles. The second-order valence-electron chi connectivity index (χ2n) is 5.67. The molecule has 0 atom stereocenters. The Labute approximate surface area is 118 Å².